The predicted molar refractivity (Wildman–Crippen MR) is 102 cm³/mol. The Hall–Kier alpha value is -3.21. The molecule has 1 saturated heterocycles. The number of aromatic carboxylic acids is 1. The summed E-state index contributed by atoms with van der Waals surface area (Å²) in [5, 5.41) is 22.5. The van der Waals surface area contributed by atoms with E-state index in [4.69, 9.17) is 9.84 Å². The normalized spacial score (nSPS) is 16.0. The largest absolute Gasteiger partial charge is 0.476 e. The molecule has 156 valence electrons. The van der Waals surface area contributed by atoms with Crippen LogP contribution in [-0.2, 0) is 22.6 Å². The average Bonchev–Trinajstić information content (AvgIpc) is 3.44. The fourth-order valence-corrected chi connectivity index (χ4v) is 2.97. The van der Waals surface area contributed by atoms with E-state index in [2.05, 4.69) is 20.8 Å². The van der Waals surface area contributed by atoms with E-state index in [1.54, 1.807) is 10.9 Å². The molecule has 0 aliphatic carbocycles. The number of nitrogens with zero attached hydrogens (tertiary/aromatic N) is 4. The zero-order valence-electron chi connectivity index (χ0n) is 16.1. The second-order valence-corrected chi connectivity index (χ2v) is 6.66. The van der Waals surface area contributed by atoms with Crippen molar-refractivity contribution in [2.75, 3.05) is 18.5 Å². The molecular formula is C18H24N6O5. The third-order valence-electron chi connectivity index (χ3n) is 4.52. The van der Waals surface area contributed by atoms with Crippen LogP contribution in [0.5, 0.6) is 0 Å². The van der Waals surface area contributed by atoms with Crippen molar-refractivity contribution in [3.05, 3.63) is 29.8 Å². The Morgan fingerprint density at radius 3 is 2.79 bits per heavy atom. The molecule has 0 spiro atoms. The van der Waals surface area contributed by atoms with Gasteiger partial charge in [-0.2, -0.15) is 10.2 Å². The first kappa shape index (κ1) is 20.5. The van der Waals surface area contributed by atoms with Gasteiger partial charge in [-0.1, -0.05) is 0 Å². The number of carboxylic acids is 1. The van der Waals surface area contributed by atoms with Gasteiger partial charge < -0.3 is 20.5 Å². The van der Waals surface area contributed by atoms with Crippen LogP contribution in [0.2, 0.25) is 0 Å². The number of rotatable bonds is 9. The van der Waals surface area contributed by atoms with Crippen molar-refractivity contribution < 1.29 is 24.2 Å². The van der Waals surface area contributed by atoms with Gasteiger partial charge in [0.15, 0.2) is 11.4 Å². The van der Waals surface area contributed by atoms with Crippen LogP contribution in [0.15, 0.2) is 18.5 Å². The maximum absolute atomic E-state index is 12.5. The number of carbonyl (C=O) groups is 3. The van der Waals surface area contributed by atoms with E-state index in [0.717, 1.165) is 12.8 Å². The number of carboxylic acid groups (broad SMARTS) is 1. The fourth-order valence-electron chi connectivity index (χ4n) is 2.97. The highest BCUT2D eigenvalue weighted by Gasteiger charge is 2.21. The van der Waals surface area contributed by atoms with E-state index in [1.807, 2.05) is 6.92 Å². The molecule has 1 unspecified atom stereocenters. The summed E-state index contributed by atoms with van der Waals surface area (Å²) in [6, 6.07) is 1.36. The molecule has 11 nitrogen and oxygen atoms in total. The van der Waals surface area contributed by atoms with Gasteiger partial charge in [0.1, 0.15) is 0 Å². The smallest absolute Gasteiger partial charge is 0.356 e. The van der Waals surface area contributed by atoms with Crippen LogP contribution in [-0.4, -0.2) is 61.7 Å². The lowest BCUT2D eigenvalue weighted by atomic mass is 10.2. The van der Waals surface area contributed by atoms with E-state index in [0.29, 0.717) is 25.4 Å². The summed E-state index contributed by atoms with van der Waals surface area (Å²) in [6.07, 6.45) is 5.07. The van der Waals surface area contributed by atoms with Crippen molar-refractivity contribution in [3.8, 4) is 0 Å². The van der Waals surface area contributed by atoms with Gasteiger partial charge in [-0.15, -0.1) is 0 Å². The van der Waals surface area contributed by atoms with Crippen LogP contribution in [0.4, 0.5) is 5.69 Å². The fraction of sp³-hybridized carbons (Fsp3) is 0.500. The van der Waals surface area contributed by atoms with Gasteiger partial charge >= 0.3 is 5.97 Å². The van der Waals surface area contributed by atoms with Gasteiger partial charge in [0.05, 0.1) is 11.8 Å². The van der Waals surface area contributed by atoms with Gasteiger partial charge in [-0.25, -0.2) is 4.79 Å². The molecule has 3 rings (SSSR count). The highest BCUT2D eigenvalue weighted by Crippen LogP contribution is 2.16. The number of anilines is 1. The highest BCUT2D eigenvalue weighted by atomic mass is 16.5. The third kappa shape index (κ3) is 5.41. The molecular weight excluding hydrogens is 380 g/mol. The molecule has 0 bridgehead atoms. The van der Waals surface area contributed by atoms with Gasteiger partial charge in [0.25, 0.3) is 5.91 Å². The molecule has 2 aromatic heterocycles. The van der Waals surface area contributed by atoms with Crippen LogP contribution in [0, 0.1) is 0 Å². The second kappa shape index (κ2) is 9.32. The summed E-state index contributed by atoms with van der Waals surface area (Å²) in [5.74, 6) is -1.83. The van der Waals surface area contributed by atoms with E-state index in [9.17, 15) is 14.4 Å². The minimum Gasteiger partial charge on any atom is -0.476 e. The number of ether oxygens (including phenoxy) is 1. The molecule has 0 radical (unpaired) electrons. The molecule has 0 saturated carbocycles. The molecule has 11 heteroatoms. The number of aromatic nitrogens is 4. The summed E-state index contributed by atoms with van der Waals surface area (Å²) >= 11 is 0. The summed E-state index contributed by atoms with van der Waals surface area (Å²) in [7, 11) is 0. The molecule has 1 fully saturated rings. The molecule has 1 aliphatic heterocycles. The van der Waals surface area contributed by atoms with E-state index < -0.39 is 5.97 Å². The Bertz CT molecular complexity index is 883. The third-order valence-corrected chi connectivity index (χ3v) is 4.52. The second-order valence-electron chi connectivity index (χ2n) is 6.66. The summed E-state index contributed by atoms with van der Waals surface area (Å²) in [6.45, 7) is 3.74. The van der Waals surface area contributed by atoms with Crippen LogP contribution in [0.3, 0.4) is 0 Å². The lowest BCUT2D eigenvalue weighted by Gasteiger charge is -2.10. The summed E-state index contributed by atoms with van der Waals surface area (Å²) in [5.41, 5.74) is 0.388. The lowest BCUT2D eigenvalue weighted by molar-refractivity contribution is -0.116. The highest BCUT2D eigenvalue weighted by molar-refractivity contribution is 6.02. The Morgan fingerprint density at radius 1 is 1.31 bits per heavy atom. The minimum atomic E-state index is -1.13. The van der Waals surface area contributed by atoms with Gasteiger partial charge in [0, 0.05) is 45.1 Å². The molecule has 2 amide bonds. The number of hydrogen-bond donors (Lipinski definition) is 3. The average molecular weight is 404 g/mol. The standard InChI is InChI=1S/C18H24N6O5/c1-2-23-11-14(16(22-23)17(26)19-10-12-4-3-9-29-12)20-15(25)6-8-24-7-5-13(21-24)18(27)28/h5,7,11-12H,2-4,6,8-10H2,1H3,(H,19,26)(H,20,25)(H,27,28). The summed E-state index contributed by atoms with van der Waals surface area (Å²) in [4.78, 5) is 35.7. The van der Waals surface area contributed by atoms with Gasteiger partial charge in [-0.3, -0.25) is 19.0 Å². The zero-order valence-corrected chi connectivity index (χ0v) is 16.1. The Morgan fingerprint density at radius 2 is 2.14 bits per heavy atom. The predicted octanol–water partition coefficient (Wildman–Crippen LogP) is 0.735. The first-order valence-corrected chi connectivity index (χ1v) is 9.50. The van der Waals surface area contributed by atoms with Crippen molar-refractivity contribution in [1.29, 1.82) is 0 Å². The molecule has 29 heavy (non-hydrogen) atoms. The van der Waals surface area contributed by atoms with Crippen molar-refractivity contribution in [3.63, 3.8) is 0 Å². The molecule has 3 heterocycles. The number of carbonyl (C=O) groups excluding carboxylic acids is 2. The topological polar surface area (TPSA) is 140 Å². The van der Waals surface area contributed by atoms with Crippen molar-refractivity contribution in [2.45, 2.75) is 45.4 Å². The van der Waals surface area contributed by atoms with Gasteiger partial charge in [0.2, 0.25) is 5.91 Å². The number of aryl methyl sites for hydroxylation is 2. The zero-order chi connectivity index (χ0) is 20.8. The maximum atomic E-state index is 12.5. The number of nitrogens with one attached hydrogen (secondary N) is 2. The maximum Gasteiger partial charge on any atom is 0.356 e. The molecule has 1 atom stereocenters. The van der Waals surface area contributed by atoms with Crippen LogP contribution in [0.1, 0.15) is 47.2 Å². The Kier molecular flexibility index (Phi) is 6.60. The molecule has 0 aromatic carbocycles. The van der Waals surface area contributed by atoms with Crippen molar-refractivity contribution >= 4 is 23.5 Å². The molecule has 3 N–H and O–H groups in total. The Labute approximate surface area is 167 Å². The number of hydrogen-bond acceptors (Lipinski definition) is 6. The van der Waals surface area contributed by atoms with Crippen LogP contribution in [0.25, 0.3) is 0 Å². The van der Waals surface area contributed by atoms with Crippen molar-refractivity contribution in [2.24, 2.45) is 0 Å². The minimum absolute atomic E-state index is 0.00927. The van der Waals surface area contributed by atoms with Crippen LogP contribution >= 0.6 is 0 Å². The van der Waals surface area contributed by atoms with E-state index in [1.165, 1.54) is 16.9 Å². The number of amides is 2. The van der Waals surface area contributed by atoms with Crippen LogP contribution < -0.4 is 10.6 Å². The first-order chi connectivity index (χ1) is 14.0. The van der Waals surface area contributed by atoms with E-state index >= 15 is 0 Å². The SMILES string of the molecule is CCn1cc(NC(=O)CCn2ccc(C(=O)O)n2)c(C(=O)NCC2CCCO2)n1. The molecule has 2 aromatic rings. The van der Waals surface area contributed by atoms with Gasteiger partial charge in [-0.05, 0) is 25.8 Å². The monoisotopic (exact) mass is 404 g/mol. The van der Waals surface area contributed by atoms with E-state index in [-0.39, 0.29) is 42.3 Å². The quantitative estimate of drug-likeness (QED) is 0.560. The Balaban J connectivity index is 1.58. The lowest BCUT2D eigenvalue weighted by Crippen LogP contribution is -2.32. The van der Waals surface area contributed by atoms with Crippen molar-refractivity contribution in [1.82, 2.24) is 24.9 Å². The summed E-state index contributed by atoms with van der Waals surface area (Å²) < 4.78 is 8.45. The molecule has 1 aliphatic rings. The first-order valence-electron chi connectivity index (χ1n) is 9.50.